The Labute approximate surface area is 49.4 Å². The van der Waals surface area contributed by atoms with Crippen molar-refractivity contribution in [2.24, 2.45) is 10.7 Å². The van der Waals surface area contributed by atoms with Crippen molar-refractivity contribution in [2.75, 3.05) is 0 Å². The van der Waals surface area contributed by atoms with E-state index in [4.69, 9.17) is 5.73 Å². The van der Waals surface area contributed by atoms with Gasteiger partial charge in [0.1, 0.15) is 0 Å². The molecule has 0 aliphatic carbocycles. The van der Waals surface area contributed by atoms with Gasteiger partial charge in [0.25, 0.3) is 0 Å². The van der Waals surface area contributed by atoms with Crippen LogP contribution >= 0.6 is 0 Å². The lowest BCUT2D eigenvalue weighted by molar-refractivity contribution is 1.33. The highest BCUT2D eigenvalue weighted by molar-refractivity contribution is 5.72. The van der Waals surface area contributed by atoms with Crippen molar-refractivity contribution in [3.05, 3.63) is 24.6 Å². The van der Waals surface area contributed by atoms with E-state index in [1.165, 1.54) is 6.20 Å². The molecule has 44 valence electrons. The van der Waals surface area contributed by atoms with Gasteiger partial charge in [-0.05, 0) is 13.0 Å². The molecule has 0 aliphatic rings. The van der Waals surface area contributed by atoms with Gasteiger partial charge in [0.2, 0.25) is 0 Å². The number of aliphatic imine (C=N–C) groups is 1. The van der Waals surface area contributed by atoms with Gasteiger partial charge in [-0.15, -0.1) is 0 Å². The van der Waals surface area contributed by atoms with Crippen molar-refractivity contribution in [1.82, 2.24) is 0 Å². The maximum absolute atomic E-state index is 5.27. The molecule has 0 radical (unpaired) electrons. The van der Waals surface area contributed by atoms with E-state index in [1.54, 1.807) is 19.2 Å². The van der Waals surface area contributed by atoms with Crippen LogP contribution in [0, 0.1) is 0 Å². The lowest BCUT2D eigenvalue weighted by atomic mass is 10.5. The summed E-state index contributed by atoms with van der Waals surface area (Å²) in [6, 6.07) is 0. The Morgan fingerprint density at radius 3 is 2.75 bits per heavy atom. The third-order valence-corrected chi connectivity index (χ3v) is 0.529. The largest absolute Gasteiger partial charge is 0.402 e. The summed E-state index contributed by atoms with van der Waals surface area (Å²) in [5, 5.41) is 0. The van der Waals surface area contributed by atoms with Gasteiger partial charge in [-0.2, -0.15) is 0 Å². The Hall–Kier alpha value is -1.05. The van der Waals surface area contributed by atoms with E-state index in [1.807, 2.05) is 0 Å². The Morgan fingerprint density at radius 1 is 1.75 bits per heavy atom. The van der Waals surface area contributed by atoms with Crippen LogP contribution in [0.15, 0.2) is 29.5 Å². The third-order valence-electron chi connectivity index (χ3n) is 0.529. The van der Waals surface area contributed by atoms with E-state index in [2.05, 4.69) is 11.6 Å². The Kier molecular flexibility index (Phi) is 3.58. The van der Waals surface area contributed by atoms with Gasteiger partial charge in [0.05, 0.1) is 0 Å². The summed E-state index contributed by atoms with van der Waals surface area (Å²) in [6.07, 6.45) is 4.77. The van der Waals surface area contributed by atoms with Crippen LogP contribution in [0.4, 0.5) is 0 Å². The molecule has 0 bridgehead atoms. The van der Waals surface area contributed by atoms with Crippen molar-refractivity contribution < 1.29 is 0 Å². The molecule has 0 atom stereocenters. The second-order valence-corrected chi connectivity index (χ2v) is 1.39. The van der Waals surface area contributed by atoms with Crippen LogP contribution in [0.1, 0.15) is 6.92 Å². The van der Waals surface area contributed by atoms with Crippen LogP contribution < -0.4 is 5.73 Å². The van der Waals surface area contributed by atoms with Gasteiger partial charge in [-0.1, -0.05) is 6.58 Å². The van der Waals surface area contributed by atoms with Crippen molar-refractivity contribution in [1.29, 1.82) is 0 Å². The van der Waals surface area contributed by atoms with Gasteiger partial charge in [-0.25, -0.2) is 0 Å². The van der Waals surface area contributed by atoms with E-state index < -0.39 is 0 Å². The van der Waals surface area contributed by atoms with Crippen LogP contribution in [0.5, 0.6) is 0 Å². The van der Waals surface area contributed by atoms with Gasteiger partial charge in [-0.3, -0.25) is 4.99 Å². The Morgan fingerprint density at radius 2 is 2.38 bits per heavy atom. The Balaban J connectivity index is 3.57. The molecule has 0 rings (SSSR count). The number of allylic oxidation sites excluding steroid dienone is 2. The molecule has 2 heteroatoms. The average Bonchev–Trinajstić information content (AvgIpc) is 1.66. The number of nitrogens with zero attached hydrogens (tertiary/aromatic N) is 1. The summed E-state index contributed by atoms with van der Waals surface area (Å²) in [7, 11) is 0. The van der Waals surface area contributed by atoms with Crippen LogP contribution in [-0.2, 0) is 0 Å². The first-order chi connectivity index (χ1) is 3.77. The molecule has 0 spiro atoms. The van der Waals surface area contributed by atoms with E-state index >= 15 is 0 Å². The quantitative estimate of drug-likeness (QED) is 0.530. The summed E-state index contributed by atoms with van der Waals surface area (Å²) in [4.78, 5) is 3.69. The molecule has 2 nitrogen and oxygen atoms in total. The predicted molar refractivity (Wildman–Crippen MR) is 36.6 cm³/mol. The highest BCUT2D eigenvalue weighted by atomic mass is 14.7. The fraction of sp³-hybridized carbons (Fsp3) is 0.167. The molecule has 0 aromatic heterocycles. The summed E-state index contributed by atoms with van der Waals surface area (Å²) < 4.78 is 0. The molecule has 0 unspecified atom stereocenters. The zero-order valence-electron chi connectivity index (χ0n) is 4.96. The smallest absolute Gasteiger partial charge is 0.0284 e. The molecule has 0 heterocycles. The monoisotopic (exact) mass is 110 g/mol. The number of hydrogen-bond acceptors (Lipinski definition) is 2. The molecule has 0 aliphatic heterocycles. The van der Waals surface area contributed by atoms with Crippen LogP contribution in [0.3, 0.4) is 0 Å². The van der Waals surface area contributed by atoms with Crippen molar-refractivity contribution >= 4 is 6.21 Å². The number of hydrogen-bond donors (Lipinski definition) is 1. The second kappa shape index (κ2) is 4.12. The van der Waals surface area contributed by atoms with Gasteiger partial charge in [0.15, 0.2) is 0 Å². The number of rotatable bonds is 2. The van der Waals surface area contributed by atoms with Gasteiger partial charge < -0.3 is 5.73 Å². The molecule has 8 heavy (non-hydrogen) atoms. The first kappa shape index (κ1) is 6.95. The molecule has 0 aromatic carbocycles. The average molecular weight is 110 g/mol. The lowest BCUT2D eigenvalue weighted by Gasteiger charge is -1.79. The summed E-state index contributed by atoms with van der Waals surface area (Å²) in [5.74, 6) is 0. The van der Waals surface area contributed by atoms with E-state index in [-0.39, 0.29) is 0 Å². The highest BCUT2D eigenvalue weighted by Gasteiger charge is 1.67. The molecule has 0 saturated carbocycles. The molecular formula is C6H10N2. The second-order valence-electron chi connectivity index (χ2n) is 1.39. The third kappa shape index (κ3) is 4.95. The fourth-order valence-corrected chi connectivity index (χ4v) is 0.221. The zero-order chi connectivity index (χ0) is 6.41. The first-order valence-corrected chi connectivity index (χ1v) is 2.34. The van der Waals surface area contributed by atoms with Crippen molar-refractivity contribution in [3.63, 3.8) is 0 Å². The first-order valence-electron chi connectivity index (χ1n) is 2.34. The molecule has 0 amide bonds. The van der Waals surface area contributed by atoms with Gasteiger partial charge in [0, 0.05) is 18.1 Å². The van der Waals surface area contributed by atoms with E-state index in [0.29, 0.717) is 0 Å². The maximum Gasteiger partial charge on any atom is 0.0284 e. The molecule has 0 saturated heterocycles. The summed E-state index contributed by atoms with van der Waals surface area (Å²) in [6.45, 7) is 5.19. The molecule has 2 N–H and O–H groups in total. The standard InChI is InChI=1S/C6H10N2/c1-3-8-5-4-6(2)7/h3-5H,1,7H2,2H3/b6-4-,8-5?. The highest BCUT2D eigenvalue weighted by Crippen LogP contribution is 1.74. The van der Waals surface area contributed by atoms with E-state index in [9.17, 15) is 0 Å². The lowest BCUT2D eigenvalue weighted by Crippen LogP contribution is -1.89. The zero-order valence-corrected chi connectivity index (χ0v) is 4.96. The normalized spacial score (nSPS) is 12.4. The maximum atomic E-state index is 5.27. The van der Waals surface area contributed by atoms with Gasteiger partial charge >= 0.3 is 0 Å². The minimum atomic E-state index is 0.746. The van der Waals surface area contributed by atoms with Crippen LogP contribution in [-0.4, -0.2) is 6.21 Å². The summed E-state index contributed by atoms with van der Waals surface area (Å²) >= 11 is 0. The number of nitrogens with two attached hydrogens (primary N) is 1. The van der Waals surface area contributed by atoms with Crippen LogP contribution in [0.25, 0.3) is 0 Å². The minimum absolute atomic E-state index is 0.746. The molecular weight excluding hydrogens is 100 g/mol. The Bertz CT molecular complexity index is 118. The molecule has 0 aromatic rings. The SMILES string of the molecule is C=CN=C/C=C(/C)N. The van der Waals surface area contributed by atoms with E-state index in [0.717, 1.165) is 5.70 Å². The van der Waals surface area contributed by atoms with Crippen molar-refractivity contribution in [3.8, 4) is 0 Å². The minimum Gasteiger partial charge on any atom is -0.402 e. The van der Waals surface area contributed by atoms with Crippen molar-refractivity contribution in [2.45, 2.75) is 6.92 Å². The summed E-state index contributed by atoms with van der Waals surface area (Å²) in [5.41, 5.74) is 6.01. The molecule has 0 fully saturated rings. The van der Waals surface area contributed by atoms with Crippen LogP contribution in [0.2, 0.25) is 0 Å². The predicted octanol–water partition coefficient (Wildman–Crippen LogP) is 1.06. The fourth-order valence-electron chi connectivity index (χ4n) is 0.221. The topological polar surface area (TPSA) is 38.4 Å².